The maximum atomic E-state index is 12.0. The molecule has 0 amide bonds. The third-order valence-corrected chi connectivity index (χ3v) is 3.23. The number of ether oxygens (including phenoxy) is 1. The molecule has 1 rings (SSSR count). The van der Waals surface area contributed by atoms with E-state index < -0.39 is 6.61 Å². The van der Waals surface area contributed by atoms with Crippen molar-refractivity contribution in [3.63, 3.8) is 0 Å². The van der Waals surface area contributed by atoms with Gasteiger partial charge in [0.15, 0.2) is 0 Å². The van der Waals surface area contributed by atoms with Gasteiger partial charge in [-0.25, -0.2) is 0 Å². The van der Waals surface area contributed by atoms with Gasteiger partial charge in [-0.2, -0.15) is 8.78 Å². The third kappa shape index (κ3) is 6.30. The molecule has 0 aliphatic heterocycles. The Morgan fingerprint density at radius 3 is 2.25 bits per heavy atom. The van der Waals surface area contributed by atoms with Crippen LogP contribution in [0.1, 0.15) is 26.3 Å². The molecule has 5 heteroatoms. The number of hydrogen-bond acceptors (Lipinski definition) is 3. The molecule has 0 spiro atoms. The minimum atomic E-state index is -2.77. The van der Waals surface area contributed by atoms with E-state index in [-0.39, 0.29) is 5.75 Å². The van der Waals surface area contributed by atoms with Crippen LogP contribution in [0, 0.1) is 0 Å². The predicted octanol–water partition coefficient (Wildman–Crippen LogP) is 3.11. The Morgan fingerprint density at radius 1 is 1.15 bits per heavy atom. The van der Waals surface area contributed by atoms with Crippen molar-refractivity contribution in [3.05, 3.63) is 29.8 Å². The average Bonchev–Trinajstić information content (AvgIpc) is 2.43. The van der Waals surface area contributed by atoms with Gasteiger partial charge in [0.1, 0.15) is 5.75 Å². The molecular weight excluding hydrogens is 262 g/mol. The molecule has 1 aromatic carbocycles. The number of likely N-dealkylation sites (N-methyl/N-ethyl adjacent to an activating group) is 1. The highest BCUT2D eigenvalue weighted by Crippen LogP contribution is 2.14. The van der Waals surface area contributed by atoms with Crippen LogP contribution in [-0.2, 0) is 6.54 Å². The fraction of sp³-hybridized carbons (Fsp3) is 0.600. The summed E-state index contributed by atoms with van der Waals surface area (Å²) >= 11 is 0. The van der Waals surface area contributed by atoms with E-state index in [1.54, 1.807) is 24.3 Å². The first-order valence-corrected chi connectivity index (χ1v) is 7.04. The van der Waals surface area contributed by atoms with Crippen LogP contribution in [0.2, 0.25) is 0 Å². The van der Waals surface area contributed by atoms with Gasteiger partial charge in [0.05, 0.1) is 0 Å². The van der Waals surface area contributed by atoms with Crippen molar-refractivity contribution in [1.29, 1.82) is 0 Å². The van der Waals surface area contributed by atoms with Crippen molar-refractivity contribution < 1.29 is 13.5 Å². The number of hydrogen-bond donors (Lipinski definition) is 1. The molecule has 1 N–H and O–H groups in total. The molecule has 20 heavy (non-hydrogen) atoms. The molecule has 0 aliphatic rings. The van der Waals surface area contributed by atoms with Crippen LogP contribution in [0.5, 0.6) is 5.75 Å². The first kappa shape index (κ1) is 16.9. The zero-order chi connectivity index (χ0) is 15.0. The Morgan fingerprint density at radius 2 is 1.75 bits per heavy atom. The summed E-state index contributed by atoms with van der Waals surface area (Å²) in [5, 5.41) is 3.43. The summed E-state index contributed by atoms with van der Waals surface area (Å²) in [5.41, 5.74) is 1.05. The molecule has 114 valence electrons. The van der Waals surface area contributed by atoms with Crippen LogP contribution in [0.4, 0.5) is 8.78 Å². The van der Waals surface area contributed by atoms with Crippen LogP contribution in [-0.4, -0.2) is 37.2 Å². The van der Waals surface area contributed by atoms with Gasteiger partial charge in [-0.15, -0.1) is 0 Å². The van der Waals surface area contributed by atoms with E-state index >= 15 is 0 Å². The number of nitrogens with zero attached hydrogens (tertiary/aromatic N) is 1. The maximum Gasteiger partial charge on any atom is 0.387 e. The van der Waals surface area contributed by atoms with Crippen molar-refractivity contribution in [3.8, 4) is 5.75 Å². The summed E-state index contributed by atoms with van der Waals surface area (Å²) in [6, 6.07) is 7.12. The molecule has 0 aliphatic carbocycles. The fourth-order valence-corrected chi connectivity index (χ4v) is 2.01. The topological polar surface area (TPSA) is 24.5 Å². The first-order chi connectivity index (χ1) is 9.55. The van der Waals surface area contributed by atoms with Crippen molar-refractivity contribution in [2.45, 2.75) is 40.0 Å². The Hall–Kier alpha value is -1.20. The lowest BCUT2D eigenvalue weighted by Crippen LogP contribution is -2.38. The van der Waals surface area contributed by atoms with Crippen LogP contribution < -0.4 is 10.1 Å². The molecule has 0 aromatic heterocycles. The van der Waals surface area contributed by atoms with Crippen molar-refractivity contribution in [1.82, 2.24) is 10.2 Å². The summed E-state index contributed by atoms with van der Waals surface area (Å²) in [4.78, 5) is 2.36. The molecule has 1 aromatic rings. The van der Waals surface area contributed by atoms with Gasteiger partial charge < -0.3 is 15.0 Å². The van der Waals surface area contributed by atoms with Gasteiger partial charge in [0.2, 0.25) is 0 Å². The number of benzene rings is 1. The lowest BCUT2D eigenvalue weighted by atomic mass is 10.2. The molecule has 0 saturated heterocycles. The van der Waals surface area contributed by atoms with Gasteiger partial charge in [-0.3, -0.25) is 0 Å². The van der Waals surface area contributed by atoms with Crippen molar-refractivity contribution >= 4 is 0 Å². The molecule has 0 bridgehead atoms. The lowest BCUT2D eigenvalue weighted by molar-refractivity contribution is -0.0498. The Kier molecular flexibility index (Phi) is 7.47. The molecule has 0 saturated carbocycles. The summed E-state index contributed by atoms with van der Waals surface area (Å²) in [7, 11) is 0. The SMILES string of the molecule is CCN(CC)CC(C)NCc1ccc(OC(F)F)cc1. The molecule has 3 nitrogen and oxygen atoms in total. The van der Waals surface area contributed by atoms with Gasteiger partial charge >= 0.3 is 6.61 Å². The number of rotatable bonds is 9. The first-order valence-electron chi connectivity index (χ1n) is 7.04. The Labute approximate surface area is 119 Å². The highest BCUT2D eigenvalue weighted by molar-refractivity contribution is 5.27. The Balaban J connectivity index is 2.37. The maximum absolute atomic E-state index is 12.0. The summed E-state index contributed by atoms with van der Waals surface area (Å²) in [5.74, 6) is 0.194. The zero-order valence-corrected chi connectivity index (χ0v) is 12.4. The quantitative estimate of drug-likeness (QED) is 0.755. The normalized spacial score (nSPS) is 12.9. The Bertz CT molecular complexity index is 367. The number of alkyl halides is 2. The van der Waals surface area contributed by atoms with Crippen LogP contribution >= 0.6 is 0 Å². The number of halogens is 2. The van der Waals surface area contributed by atoms with Crippen LogP contribution in [0.25, 0.3) is 0 Å². The van der Waals surface area contributed by atoms with E-state index in [0.29, 0.717) is 6.04 Å². The fourth-order valence-electron chi connectivity index (χ4n) is 2.01. The zero-order valence-electron chi connectivity index (χ0n) is 12.4. The average molecular weight is 286 g/mol. The monoisotopic (exact) mass is 286 g/mol. The van der Waals surface area contributed by atoms with Gasteiger partial charge in [0, 0.05) is 19.1 Å². The molecule has 0 radical (unpaired) electrons. The van der Waals surface area contributed by atoms with E-state index in [0.717, 1.165) is 31.7 Å². The van der Waals surface area contributed by atoms with Crippen LogP contribution in [0.3, 0.4) is 0 Å². The predicted molar refractivity (Wildman–Crippen MR) is 77.2 cm³/mol. The van der Waals surface area contributed by atoms with E-state index in [1.165, 1.54) is 0 Å². The third-order valence-electron chi connectivity index (χ3n) is 3.23. The largest absolute Gasteiger partial charge is 0.435 e. The highest BCUT2D eigenvalue weighted by atomic mass is 19.3. The molecule has 1 atom stereocenters. The van der Waals surface area contributed by atoms with Gasteiger partial charge in [0.25, 0.3) is 0 Å². The number of nitrogens with one attached hydrogen (secondary N) is 1. The molecule has 0 heterocycles. The second-order valence-electron chi connectivity index (χ2n) is 4.79. The second kappa shape index (κ2) is 8.87. The standard InChI is InChI=1S/C15H24F2N2O/c1-4-19(5-2)11-12(3)18-10-13-6-8-14(9-7-13)20-15(16)17/h6-9,12,15,18H,4-5,10-11H2,1-3H3. The van der Waals surface area contributed by atoms with Crippen molar-refractivity contribution in [2.24, 2.45) is 0 Å². The van der Waals surface area contributed by atoms with Gasteiger partial charge in [-0.05, 0) is 37.7 Å². The summed E-state index contributed by atoms with van der Waals surface area (Å²) in [6.07, 6.45) is 0. The van der Waals surface area contributed by atoms with E-state index in [2.05, 4.69) is 35.7 Å². The van der Waals surface area contributed by atoms with E-state index in [9.17, 15) is 8.78 Å². The molecule has 0 fully saturated rings. The van der Waals surface area contributed by atoms with E-state index in [4.69, 9.17) is 0 Å². The lowest BCUT2D eigenvalue weighted by Gasteiger charge is -2.23. The molecule has 1 unspecified atom stereocenters. The second-order valence-corrected chi connectivity index (χ2v) is 4.79. The van der Waals surface area contributed by atoms with Crippen molar-refractivity contribution in [2.75, 3.05) is 19.6 Å². The smallest absolute Gasteiger partial charge is 0.387 e. The minimum Gasteiger partial charge on any atom is -0.435 e. The van der Waals surface area contributed by atoms with Gasteiger partial charge in [-0.1, -0.05) is 26.0 Å². The minimum absolute atomic E-state index is 0.194. The summed E-state index contributed by atoms with van der Waals surface area (Å²) in [6.45, 7) is 7.48. The van der Waals surface area contributed by atoms with Crippen LogP contribution in [0.15, 0.2) is 24.3 Å². The molecular formula is C15H24F2N2O. The summed E-state index contributed by atoms with van der Waals surface area (Å²) < 4.78 is 28.4. The highest BCUT2D eigenvalue weighted by Gasteiger charge is 2.07. The van der Waals surface area contributed by atoms with E-state index in [1.807, 2.05) is 0 Å².